The van der Waals surface area contributed by atoms with E-state index in [1.165, 1.54) is 10.5 Å². The van der Waals surface area contributed by atoms with Crippen LogP contribution in [0.15, 0.2) is 46.9 Å². The molecular weight excluding hydrogens is 204 g/mol. The van der Waals surface area contributed by atoms with Gasteiger partial charge in [-0.1, -0.05) is 29.8 Å². The van der Waals surface area contributed by atoms with Gasteiger partial charge in [-0.2, -0.15) is 0 Å². The third kappa shape index (κ3) is 5.65. The zero-order chi connectivity index (χ0) is 10.9. The summed E-state index contributed by atoms with van der Waals surface area (Å²) in [7, 11) is 0. The van der Waals surface area contributed by atoms with Crippen LogP contribution in [0.2, 0.25) is 0 Å². The average Bonchev–Trinajstić information content (AvgIpc) is 2.28. The first-order chi connectivity index (χ1) is 7.33. The van der Waals surface area contributed by atoms with Gasteiger partial charge in [0.05, 0.1) is 0 Å². The van der Waals surface area contributed by atoms with E-state index in [4.69, 9.17) is 5.11 Å². The van der Waals surface area contributed by atoms with Crippen molar-refractivity contribution in [2.45, 2.75) is 24.7 Å². The van der Waals surface area contributed by atoms with Crippen LogP contribution in [-0.2, 0) is 0 Å². The SMILES string of the molecule is CC(=CCSc1ccccc1)CCCO. The van der Waals surface area contributed by atoms with Gasteiger partial charge in [0.25, 0.3) is 0 Å². The Balaban J connectivity index is 2.26. The fourth-order valence-corrected chi connectivity index (χ4v) is 2.17. The molecule has 0 heterocycles. The van der Waals surface area contributed by atoms with E-state index in [-0.39, 0.29) is 6.61 Å². The van der Waals surface area contributed by atoms with Crippen molar-refractivity contribution < 1.29 is 5.11 Å². The number of aliphatic hydroxyl groups is 1. The summed E-state index contributed by atoms with van der Waals surface area (Å²) in [5.74, 6) is 1.02. The second kappa shape index (κ2) is 7.55. The van der Waals surface area contributed by atoms with Crippen molar-refractivity contribution in [2.24, 2.45) is 0 Å². The van der Waals surface area contributed by atoms with Crippen LogP contribution in [-0.4, -0.2) is 17.5 Å². The van der Waals surface area contributed by atoms with Crippen molar-refractivity contribution in [3.63, 3.8) is 0 Å². The molecule has 82 valence electrons. The minimum atomic E-state index is 0.289. The molecule has 0 fully saturated rings. The van der Waals surface area contributed by atoms with Crippen molar-refractivity contribution >= 4 is 11.8 Å². The zero-order valence-corrected chi connectivity index (χ0v) is 9.96. The Labute approximate surface area is 96.2 Å². The first-order valence-electron chi connectivity index (χ1n) is 5.27. The normalized spacial score (nSPS) is 11.7. The van der Waals surface area contributed by atoms with Gasteiger partial charge in [-0.25, -0.2) is 0 Å². The maximum Gasteiger partial charge on any atom is 0.0434 e. The third-order valence-electron chi connectivity index (χ3n) is 2.15. The fraction of sp³-hybridized carbons (Fsp3) is 0.385. The van der Waals surface area contributed by atoms with Gasteiger partial charge < -0.3 is 5.11 Å². The molecule has 0 radical (unpaired) electrons. The van der Waals surface area contributed by atoms with Crippen LogP contribution < -0.4 is 0 Å². The monoisotopic (exact) mass is 222 g/mol. The van der Waals surface area contributed by atoms with Crippen LogP contribution >= 0.6 is 11.8 Å². The van der Waals surface area contributed by atoms with E-state index >= 15 is 0 Å². The smallest absolute Gasteiger partial charge is 0.0434 e. The fourth-order valence-electron chi connectivity index (χ4n) is 1.26. The van der Waals surface area contributed by atoms with Crippen LogP contribution in [0.3, 0.4) is 0 Å². The quantitative estimate of drug-likeness (QED) is 0.587. The molecule has 15 heavy (non-hydrogen) atoms. The Bertz CT molecular complexity index is 293. The van der Waals surface area contributed by atoms with Gasteiger partial charge in [0.1, 0.15) is 0 Å². The van der Waals surface area contributed by atoms with Crippen LogP contribution in [0.4, 0.5) is 0 Å². The second-order valence-electron chi connectivity index (χ2n) is 3.50. The first-order valence-corrected chi connectivity index (χ1v) is 6.26. The van der Waals surface area contributed by atoms with Gasteiger partial charge in [-0.15, -0.1) is 11.8 Å². The molecule has 1 aromatic carbocycles. The summed E-state index contributed by atoms with van der Waals surface area (Å²) in [5, 5.41) is 8.69. The minimum absolute atomic E-state index is 0.289. The van der Waals surface area contributed by atoms with E-state index < -0.39 is 0 Å². The standard InChI is InChI=1S/C13H18OS/c1-12(6-5-10-14)9-11-15-13-7-3-2-4-8-13/h2-4,7-9,14H,5-6,10-11H2,1H3. The molecular formula is C13H18OS. The van der Waals surface area contributed by atoms with Crippen LogP contribution in [0.1, 0.15) is 19.8 Å². The summed E-state index contributed by atoms with van der Waals surface area (Å²) >= 11 is 1.84. The van der Waals surface area contributed by atoms with E-state index in [1.54, 1.807) is 0 Å². The molecule has 1 aromatic rings. The molecule has 0 aliphatic rings. The lowest BCUT2D eigenvalue weighted by Gasteiger charge is -2.00. The van der Waals surface area contributed by atoms with Crippen LogP contribution in [0.25, 0.3) is 0 Å². The summed E-state index contributed by atoms with van der Waals surface area (Å²) in [4.78, 5) is 1.31. The van der Waals surface area contributed by atoms with Gasteiger partial charge in [0, 0.05) is 17.3 Å². The first kappa shape index (κ1) is 12.3. The topological polar surface area (TPSA) is 20.2 Å². The highest BCUT2D eigenvalue weighted by molar-refractivity contribution is 7.99. The molecule has 1 N–H and O–H groups in total. The number of allylic oxidation sites excluding steroid dienone is 1. The number of aliphatic hydroxyl groups excluding tert-OH is 1. The Kier molecular flexibility index (Phi) is 6.21. The molecule has 1 nitrogen and oxygen atoms in total. The van der Waals surface area contributed by atoms with Crippen molar-refractivity contribution in [2.75, 3.05) is 12.4 Å². The molecule has 0 bridgehead atoms. The van der Waals surface area contributed by atoms with Gasteiger partial charge >= 0.3 is 0 Å². The molecule has 1 rings (SSSR count). The molecule has 2 heteroatoms. The average molecular weight is 222 g/mol. The maximum absolute atomic E-state index is 8.69. The highest BCUT2D eigenvalue weighted by Crippen LogP contribution is 2.18. The molecule has 0 aliphatic carbocycles. The Morgan fingerprint density at radius 2 is 2.07 bits per heavy atom. The van der Waals surface area contributed by atoms with Crippen LogP contribution in [0, 0.1) is 0 Å². The van der Waals surface area contributed by atoms with Crippen molar-refractivity contribution in [1.29, 1.82) is 0 Å². The molecule has 0 spiro atoms. The van der Waals surface area contributed by atoms with E-state index in [2.05, 4.69) is 37.3 Å². The molecule has 0 atom stereocenters. The van der Waals surface area contributed by atoms with Crippen molar-refractivity contribution in [3.8, 4) is 0 Å². The van der Waals surface area contributed by atoms with E-state index in [9.17, 15) is 0 Å². The lowest BCUT2D eigenvalue weighted by Crippen LogP contribution is -1.85. The molecule has 0 amide bonds. The third-order valence-corrected chi connectivity index (χ3v) is 3.09. The number of rotatable bonds is 6. The van der Waals surface area contributed by atoms with Gasteiger partial charge in [-0.3, -0.25) is 0 Å². The summed E-state index contributed by atoms with van der Waals surface area (Å²) < 4.78 is 0. The van der Waals surface area contributed by atoms with Gasteiger partial charge in [0.15, 0.2) is 0 Å². The zero-order valence-electron chi connectivity index (χ0n) is 9.15. The number of thioether (sulfide) groups is 1. The molecule has 0 saturated heterocycles. The highest BCUT2D eigenvalue weighted by Gasteiger charge is 1.92. The largest absolute Gasteiger partial charge is 0.396 e. The summed E-state index contributed by atoms with van der Waals surface area (Å²) in [6, 6.07) is 10.4. The summed E-state index contributed by atoms with van der Waals surface area (Å²) in [5.41, 5.74) is 1.37. The molecule has 0 unspecified atom stereocenters. The van der Waals surface area contributed by atoms with E-state index in [0.717, 1.165) is 18.6 Å². The van der Waals surface area contributed by atoms with Crippen LogP contribution in [0.5, 0.6) is 0 Å². The number of hydrogen-bond donors (Lipinski definition) is 1. The molecule has 0 aliphatic heterocycles. The summed E-state index contributed by atoms with van der Waals surface area (Å²) in [6.45, 7) is 2.41. The highest BCUT2D eigenvalue weighted by atomic mass is 32.2. The lowest BCUT2D eigenvalue weighted by molar-refractivity contribution is 0.288. The number of hydrogen-bond acceptors (Lipinski definition) is 2. The van der Waals surface area contributed by atoms with Gasteiger partial charge in [0.2, 0.25) is 0 Å². The minimum Gasteiger partial charge on any atom is -0.396 e. The Morgan fingerprint density at radius 3 is 2.73 bits per heavy atom. The summed E-state index contributed by atoms with van der Waals surface area (Å²) in [6.07, 6.45) is 4.12. The van der Waals surface area contributed by atoms with Crippen molar-refractivity contribution in [3.05, 3.63) is 42.0 Å². The predicted molar refractivity (Wildman–Crippen MR) is 67.2 cm³/mol. The Hall–Kier alpha value is -0.730. The van der Waals surface area contributed by atoms with E-state index in [1.807, 2.05) is 17.8 Å². The molecule has 0 aromatic heterocycles. The van der Waals surface area contributed by atoms with E-state index in [0.29, 0.717) is 0 Å². The molecule has 0 saturated carbocycles. The Morgan fingerprint density at radius 1 is 1.33 bits per heavy atom. The number of benzene rings is 1. The lowest BCUT2D eigenvalue weighted by atomic mass is 10.2. The maximum atomic E-state index is 8.69. The van der Waals surface area contributed by atoms with Crippen molar-refractivity contribution in [1.82, 2.24) is 0 Å². The second-order valence-corrected chi connectivity index (χ2v) is 4.60. The predicted octanol–water partition coefficient (Wildman–Crippen LogP) is 3.50. The van der Waals surface area contributed by atoms with Gasteiger partial charge in [-0.05, 0) is 31.9 Å².